The van der Waals surface area contributed by atoms with Gasteiger partial charge in [0.25, 0.3) is 5.91 Å². The second-order valence-electron chi connectivity index (χ2n) is 6.56. The molecule has 0 saturated carbocycles. The Morgan fingerprint density at radius 3 is 2.75 bits per heavy atom. The van der Waals surface area contributed by atoms with Gasteiger partial charge in [-0.3, -0.25) is 4.79 Å². The van der Waals surface area contributed by atoms with Crippen LogP contribution in [0.3, 0.4) is 0 Å². The molecule has 0 saturated heterocycles. The van der Waals surface area contributed by atoms with E-state index >= 15 is 0 Å². The van der Waals surface area contributed by atoms with Gasteiger partial charge in [-0.05, 0) is 29.3 Å². The Kier molecular flexibility index (Phi) is 5.08. The van der Waals surface area contributed by atoms with Crippen molar-refractivity contribution in [1.29, 1.82) is 0 Å². The van der Waals surface area contributed by atoms with Gasteiger partial charge in [0.2, 0.25) is 0 Å². The van der Waals surface area contributed by atoms with E-state index in [-0.39, 0.29) is 12.5 Å². The van der Waals surface area contributed by atoms with Crippen molar-refractivity contribution in [3.8, 4) is 5.75 Å². The molecule has 1 amide bonds. The SMILES string of the molecule is O=C(O)[C@@H]1Cc2ccccc2CN1C(=O)c1cccc(OCc2cscn2)c1. The molecule has 0 radical (unpaired) electrons. The van der Waals surface area contributed by atoms with Crippen molar-refractivity contribution in [3.05, 3.63) is 81.8 Å². The molecule has 0 bridgehead atoms. The lowest BCUT2D eigenvalue weighted by atomic mass is 9.93. The van der Waals surface area contributed by atoms with Crippen molar-refractivity contribution in [2.24, 2.45) is 0 Å². The fourth-order valence-corrected chi connectivity index (χ4v) is 3.85. The number of carbonyl (C=O) groups is 2. The lowest BCUT2D eigenvalue weighted by Crippen LogP contribution is -2.48. The van der Waals surface area contributed by atoms with Crippen LogP contribution in [0.1, 0.15) is 27.2 Å². The maximum absolute atomic E-state index is 13.1. The number of ether oxygens (including phenoxy) is 1. The molecule has 0 unspecified atom stereocenters. The molecule has 28 heavy (non-hydrogen) atoms. The molecule has 1 N–H and O–H groups in total. The molecule has 1 aliphatic heterocycles. The Hall–Kier alpha value is -3.19. The molecule has 2 aromatic carbocycles. The van der Waals surface area contributed by atoms with Gasteiger partial charge in [-0.25, -0.2) is 9.78 Å². The van der Waals surface area contributed by atoms with Gasteiger partial charge in [-0.1, -0.05) is 30.3 Å². The van der Waals surface area contributed by atoms with Gasteiger partial charge < -0.3 is 14.7 Å². The number of rotatable bonds is 5. The molecule has 1 aromatic heterocycles. The van der Waals surface area contributed by atoms with E-state index < -0.39 is 12.0 Å². The zero-order valence-corrected chi connectivity index (χ0v) is 15.8. The summed E-state index contributed by atoms with van der Waals surface area (Å²) in [6.07, 6.45) is 0.303. The zero-order chi connectivity index (χ0) is 19.5. The molecular weight excluding hydrogens is 376 g/mol. The molecule has 1 atom stereocenters. The number of nitrogens with zero attached hydrogens (tertiary/aromatic N) is 2. The lowest BCUT2D eigenvalue weighted by Gasteiger charge is -2.34. The average Bonchev–Trinajstić information content (AvgIpc) is 3.24. The number of carboxylic acid groups (broad SMARTS) is 1. The number of carboxylic acids is 1. The smallest absolute Gasteiger partial charge is 0.326 e. The van der Waals surface area contributed by atoms with Crippen LogP contribution in [0.4, 0.5) is 0 Å². The van der Waals surface area contributed by atoms with E-state index in [1.807, 2.05) is 29.6 Å². The van der Waals surface area contributed by atoms with Crippen LogP contribution in [0.2, 0.25) is 0 Å². The van der Waals surface area contributed by atoms with Gasteiger partial charge in [0.1, 0.15) is 18.4 Å². The van der Waals surface area contributed by atoms with Gasteiger partial charge in [0.15, 0.2) is 0 Å². The first-order valence-corrected chi connectivity index (χ1v) is 9.76. The van der Waals surface area contributed by atoms with Crippen molar-refractivity contribution in [1.82, 2.24) is 9.88 Å². The molecule has 0 aliphatic carbocycles. The topological polar surface area (TPSA) is 79.7 Å². The summed E-state index contributed by atoms with van der Waals surface area (Å²) in [5.74, 6) is -0.775. The lowest BCUT2D eigenvalue weighted by molar-refractivity contribution is -0.142. The molecule has 4 rings (SSSR count). The molecule has 2 heterocycles. The highest BCUT2D eigenvalue weighted by Gasteiger charge is 2.35. The summed E-state index contributed by atoms with van der Waals surface area (Å²) in [6, 6.07) is 13.6. The summed E-state index contributed by atoms with van der Waals surface area (Å²) >= 11 is 1.49. The molecule has 142 valence electrons. The van der Waals surface area contributed by atoms with Gasteiger partial charge >= 0.3 is 5.97 Å². The third-order valence-corrected chi connectivity index (χ3v) is 5.38. The Balaban J connectivity index is 1.56. The van der Waals surface area contributed by atoms with Crippen molar-refractivity contribution >= 4 is 23.2 Å². The van der Waals surface area contributed by atoms with Crippen LogP contribution in [0, 0.1) is 0 Å². The second kappa shape index (κ2) is 7.82. The van der Waals surface area contributed by atoms with Crippen LogP contribution >= 0.6 is 11.3 Å². The largest absolute Gasteiger partial charge is 0.487 e. The van der Waals surface area contributed by atoms with E-state index in [9.17, 15) is 14.7 Å². The fourth-order valence-electron chi connectivity index (χ4n) is 3.31. The second-order valence-corrected chi connectivity index (χ2v) is 7.27. The molecular formula is C21H18N2O4S. The quantitative estimate of drug-likeness (QED) is 0.718. The Labute approximate surface area is 166 Å². The predicted molar refractivity (Wildman–Crippen MR) is 104 cm³/mol. The van der Waals surface area contributed by atoms with Gasteiger partial charge in [-0.2, -0.15) is 0 Å². The van der Waals surface area contributed by atoms with Crippen molar-refractivity contribution in [2.45, 2.75) is 25.6 Å². The first-order valence-electron chi connectivity index (χ1n) is 8.82. The first kappa shape index (κ1) is 18.2. The molecule has 6 nitrogen and oxygen atoms in total. The number of amides is 1. The van der Waals surface area contributed by atoms with E-state index in [1.165, 1.54) is 16.2 Å². The van der Waals surface area contributed by atoms with Crippen LogP contribution in [0.25, 0.3) is 0 Å². The van der Waals surface area contributed by atoms with E-state index in [2.05, 4.69) is 4.98 Å². The number of fused-ring (bicyclic) bond motifs is 1. The average molecular weight is 394 g/mol. The van der Waals surface area contributed by atoms with Crippen LogP contribution in [-0.2, 0) is 24.4 Å². The van der Waals surface area contributed by atoms with Crippen LogP contribution in [-0.4, -0.2) is 32.9 Å². The number of hydrogen-bond acceptors (Lipinski definition) is 5. The number of hydrogen-bond donors (Lipinski definition) is 1. The van der Waals surface area contributed by atoms with E-state index in [1.54, 1.807) is 29.8 Å². The third kappa shape index (κ3) is 3.75. The number of aromatic nitrogens is 1. The number of benzene rings is 2. The summed E-state index contributed by atoms with van der Waals surface area (Å²) < 4.78 is 5.72. The summed E-state index contributed by atoms with van der Waals surface area (Å²) in [4.78, 5) is 30.5. The summed E-state index contributed by atoms with van der Waals surface area (Å²) in [7, 11) is 0. The van der Waals surface area contributed by atoms with Gasteiger partial charge in [0, 0.05) is 23.9 Å². The molecule has 7 heteroatoms. The minimum Gasteiger partial charge on any atom is -0.487 e. The molecule has 3 aromatic rings. The van der Waals surface area contributed by atoms with Gasteiger partial charge in [0.05, 0.1) is 11.2 Å². The highest BCUT2D eigenvalue weighted by Crippen LogP contribution is 2.26. The summed E-state index contributed by atoms with van der Waals surface area (Å²) in [5, 5.41) is 11.6. The molecule has 1 aliphatic rings. The Bertz CT molecular complexity index is 1000. The van der Waals surface area contributed by atoms with Crippen LogP contribution in [0.15, 0.2) is 59.4 Å². The summed E-state index contributed by atoms with van der Waals surface area (Å²) in [5.41, 5.74) is 4.91. The normalized spacial score (nSPS) is 15.7. The zero-order valence-electron chi connectivity index (χ0n) is 14.9. The van der Waals surface area contributed by atoms with E-state index in [0.29, 0.717) is 24.3 Å². The maximum atomic E-state index is 13.1. The maximum Gasteiger partial charge on any atom is 0.326 e. The van der Waals surface area contributed by atoms with Crippen molar-refractivity contribution in [2.75, 3.05) is 0 Å². The number of carbonyl (C=O) groups excluding carboxylic acids is 1. The highest BCUT2D eigenvalue weighted by molar-refractivity contribution is 7.07. The molecule has 0 fully saturated rings. The van der Waals surface area contributed by atoms with Crippen LogP contribution < -0.4 is 4.74 Å². The van der Waals surface area contributed by atoms with Gasteiger partial charge in [-0.15, -0.1) is 11.3 Å². The van der Waals surface area contributed by atoms with E-state index in [0.717, 1.165) is 16.8 Å². The fraction of sp³-hybridized carbons (Fsp3) is 0.190. The third-order valence-electron chi connectivity index (χ3n) is 4.75. The minimum atomic E-state index is -1.00. The Morgan fingerprint density at radius 2 is 2.00 bits per heavy atom. The van der Waals surface area contributed by atoms with Crippen LogP contribution in [0.5, 0.6) is 5.75 Å². The van der Waals surface area contributed by atoms with Crippen molar-refractivity contribution in [3.63, 3.8) is 0 Å². The van der Waals surface area contributed by atoms with Crippen molar-refractivity contribution < 1.29 is 19.4 Å². The minimum absolute atomic E-state index is 0.274. The number of aliphatic carboxylic acids is 1. The van der Waals surface area contributed by atoms with E-state index in [4.69, 9.17) is 4.74 Å². The molecule has 0 spiro atoms. The number of thiazole rings is 1. The standard InChI is InChI=1S/C21H18N2O4S/c24-20(15-6-3-7-18(8-15)27-11-17-12-28-13-22-17)23-10-16-5-2-1-4-14(16)9-19(23)21(25)26/h1-8,12-13,19H,9-11H2,(H,25,26)/t19-/m0/s1. The highest BCUT2D eigenvalue weighted by atomic mass is 32.1. The summed E-state index contributed by atoms with van der Waals surface area (Å²) in [6.45, 7) is 0.589. The monoisotopic (exact) mass is 394 g/mol. The predicted octanol–water partition coefficient (Wildman–Crippen LogP) is 3.37. The first-order chi connectivity index (χ1) is 13.6. The Morgan fingerprint density at radius 1 is 1.18 bits per heavy atom.